The molecule has 2 rings (SSSR count). The second-order valence-electron chi connectivity index (χ2n) is 4.15. The molecule has 0 spiro atoms. The highest BCUT2D eigenvalue weighted by Gasteiger charge is 2.09. The first-order chi connectivity index (χ1) is 8.70. The van der Waals surface area contributed by atoms with Gasteiger partial charge in [-0.1, -0.05) is 18.5 Å². The number of carbonyl (C=O) groups excluding carboxylic acids is 1. The smallest absolute Gasteiger partial charge is 0.182 e. The Hall–Kier alpha value is -1.61. The van der Waals surface area contributed by atoms with Gasteiger partial charge in [0.1, 0.15) is 5.82 Å². The molecule has 18 heavy (non-hydrogen) atoms. The number of benzene rings is 1. The maximum Gasteiger partial charge on any atom is 0.182 e. The summed E-state index contributed by atoms with van der Waals surface area (Å²) in [5.74, 6) is 1.03. The van der Waals surface area contributed by atoms with Crippen molar-refractivity contribution in [2.45, 2.75) is 26.3 Å². The number of imidazole rings is 1. The lowest BCUT2D eigenvalue weighted by Gasteiger charge is -2.06. The molecule has 0 radical (unpaired) electrons. The number of nitrogens with zero attached hydrogens (tertiary/aromatic N) is 2. The second-order valence-corrected chi connectivity index (χ2v) is 4.59. The molecule has 1 aromatic carbocycles. The van der Waals surface area contributed by atoms with Gasteiger partial charge in [-0.3, -0.25) is 4.79 Å². The second kappa shape index (κ2) is 5.83. The Kier molecular flexibility index (Phi) is 4.15. The minimum absolute atomic E-state index is 0.0713. The van der Waals surface area contributed by atoms with E-state index in [2.05, 4.69) is 11.9 Å². The lowest BCUT2D eigenvalue weighted by atomic mass is 10.1. The molecule has 1 aromatic heterocycles. The number of Topliss-reactive ketones (excluding diaryl/α,β-unsaturated/α-hetero) is 1. The Bertz CT molecular complexity index is 531. The summed E-state index contributed by atoms with van der Waals surface area (Å²) in [6.45, 7) is 2.43. The Morgan fingerprint density at radius 2 is 2.06 bits per heavy atom. The largest absolute Gasteiger partial charge is 0.327 e. The molecule has 0 saturated carbocycles. The van der Waals surface area contributed by atoms with Crippen molar-refractivity contribution in [2.75, 3.05) is 0 Å². The molecule has 0 atom stereocenters. The van der Waals surface area contributed by atoms with E-state index in [-0.39, 0.29) is 5.78 Å². The fraction of sp³-hybridized carbons (Fsp3) is 0.286. The first-order valence-electron chi connectivity index (χ1n) is 5.99. The van der Waals surface area contributed by atoms with E-state index in [1.54, 1.807) is 30.5 Å². The molecular formula is C14H15ClN2O. The van der Waals surface area contributed by atoms with Crippen LogP contribution in [0.5, 0.6) is 0 Å². The monoisotopic (exact) mass is 262 g/mol. The normalized spacial score (nSPS) is 10.6. The SMILES string of the molecule is CCCc1nccn1CC(=O)c1ccc(Cl)cc1. The summed E-state index contributed by atoms with van der Waals surface area (Å²) in [7, 11) is 0. The molecule has 2 aromatic rings. The Balaban J connectivity index is 2.11. The van der Waals surface area contributed by atoms with E-state index in [1.807, 2.05) is 10.8 Å². The van der Waals surface area contributed by atoms with Crippen molar-refractivity contribution in [1.29, 1.82) is 0 Å². The summed E-state index contributed by atoms with van der Waals surface area (Å²) in [5.41, 5.74) is 0.676. The van der Waals surface area contributed by atoms with Gasteiger partial charge in [0.25, 0.3) is 0 Å². The molecule has 94 valence electrons. The van der Waals surface area contributed by atoms with E-state index in [4.69, 9.17) is 11.6 Å². The van der Waals surface area contributed by atoms with E-state index in [0.29, 0.717) is 17.1 Å². The quantitative estimate of drug-likeness (QED) is 0.775. The summed E-state index contributed by atoms with van der Waals surface area (Å²) in [4.78, 5) is 16.3. The first kappa shape index (κ1) is 12.8. The van der Waals surface area contributed by atoms with Crippen molar-refractivity contribution < 1.29 is 4.79 Å². The van der Waals surface area contributed by atoms with Gasteiger partial charge in [0.2, 0.25) is 0 Å². The number of hydrogen-bond acceptors (Lipinski definition) is 2. The summed E-state index contributed by atoms with van der Waals surface area (Å²) in [6, 6.07) is 6.97. The van der Waals surface area contributed by atoms with Gasteiger partial charge < -0.3 is 4.57 Å². The molecule has 0 fully saturated rings. The molecule has 0 N–H and O–H groups in total. The van der Waals surface area contributed by atoms with Gasteiger partial charge >= 0.3 is 0 Å². The third kappa shape index (κ3) is 2.99. The number of carbonyl (C=O) groups is 1. The maximum atomic E-state index is 12.1. The predicted molar refractivity (Wildman–Crippen MR) is 72.0 cm³/mol. The van der Waals surface area contributed by atoms with Crippen molar-refractivity contribution in [3.8, 4) is 0 Å². The molecule has 0 amide bonds. The number of ketones is 1. The van der Waals surface area contributed by atoms with Crippen LogP contribution in [0, 0.1) is 0 Å². The van der Waals surface area contributed by atoms with Gasteiger partial charge in [0.05, 0.1) is 6.54 Å². The average molecular weight is 263 g/mol. The summed E-state index contributed by atoms with van der Waals surface area (Å²) < 4.78 is 1.90. The molecule has 0 aliphatic carbocycles. The highest BCUT2D eigenvalue weighted by molar-refractivity contribution is 6.30. The molecule has 0 saturated heterocycles. The van der Waals surface area contributed by atoms with Gasteiger partial charge in [-0.15, -0.1) is 0 Å². The highest BCUT2D eigenvalue weighted by Crippen LogP contribution is 2.11. The lowest BCUT2D eigenvalue weighted by Crippen LogP contribution is -2.12. The van der Waals surface area contributed by atoms with Crippen molar-refractivity contribution in [2.24, 2.45) is 0 Å². The molecule has 0 unspecified atom stereocenters. The lowest BCUT2D eigenvalue weighted by molar-refractivity contribution is 0.0971. The van der Waals surface area contributed by atoms with Crippen LogP contribution < -0.4 is 0 Å². The van der Waals surface area contributed by atoms with E-state index in [1.165, 1.54) is 0 Å². The summed E-state index contributed by atoms with van der Waals surface area (Å²) >= 11 is 5.80. The Labute approximate surface area is 111 Å². The van der Waals surface area contributed by atoms with Crippen LogP contribution in [-0.4, -0.2) is 15.3 Å². The summed E-state index contributed by atoms with van der Waals surface area (Å²) in [6.07, 6.45) is 5.49. The predicted octanol–water partition coefficient (Wildman–Crippen LogP) is 3.37. The number of aromatic nitrogens is 2. The standard InChI is InChI=1S/C14H15ClN2O/c1-2-3-14-16-8-9-17(14)10-13(18)11-4-6-12(15)7-5-11/h4-9H,2-3,10H2,1H3. The first-order valence-corrected chi connectivity index (χ1v) is 6.37. The van der Waals surface area contributed by atoms with Crippen LogP contribution in [0.25, 0.3) is 0 Å². The average Bonchev–Trinajstić information content (AvgIpc) is 2.78. The van der Waals surface area contributed by atoms with E-state index < -0.39 is 0 Å². The molecule has 3 nitrogen and oxygen atoms in total. The number of hydrogen-bond donors (Lipinski definition) is 0. The maximum absolute atomic E-state index is 12.1. The zero-order chi connectivity index (χ0) is 13.0. The third-order valence-corrected chi connectivity index (χ3v) is 3.01. The minimum Gasteiger partial charge on any atom is -0.327 e. The van der Waals surface area contributed by atoms with Crippen LogP contribution in [0.1, 0.15) is 29.5 Å². The molecule has 0 bridgehead atoms. The van der Waals surface area contributed by atoms with Gasteiger partial charge in [-0.25, -0.2) is 4.98 Å². The fourth-order valence-electron chi connectivity index (χ4n) is 1.82. The van der Waals surface area contributed by atoms with Crippen molar-refractivity contribution in [3.63, 3.8) is 0 Å². The van der Waals surface area contributed by atoms with Crippen LogP contribution in [0.15, 0.2) is 36.7 Å². The van der Waals surface area contributed by atoms with Gasteiger partial charge in [-0.05, 0) is 30.7 Å². The number of halogens is 1. The minimum atomic E-state index is 0.0713. The highest BCUT2D eigenvalue weighted by atomic mass is 35.5. The third-order valence-electron chi connectivity index (χ3n) is 2.76. The van der Waals surface area contributed by atoms with E-state index in [9.17, 15) is 4.79 Å². The zero-order valence-corrected chi connectivity index (χ0v) is 11.0. The van der Waals surface area contributed by atoms with Crippen LogP contribution in [0.4, 0.5) is 0 Å². The Morgan fingerprint density at radius 1 is 1.33 bits per heavy atom. The molecule has 0 aliphatic rings. The van der Waals surface area contributed by atoms with Gasteiger partial charge in [0.15, 0.2) is 5.78 Å². The number of rotatable bonds is 5. The zero-order valence-electron chi connectivity index (χ0n) is 10.3. The Morgan fingerprint density at radius 3 is 2.72 bits per heavy atom. The number of aryl methyl sites for hydroxylation is 1. The van der Waals surface area contributed by atoms with Crippen LogP contribution in [0.2, 0.25) is 5.02 Å². The summed E-state index contributed by atoms with van der Waals surface area (Å²) in [5, 5.41) is 0.640. The molecular weight excluding hydrogens is 248 g/mol. The fourth-order valence-corrected chi connectivity index (χ4v) is 1.94. The van der Waals surface area contributed by atoms with Crippen molar-refractivity contribution >= 4 is 17.4 Å². The topological polar surface area (TPSA) is 34.9 Å². The van der Waals surface area contributed by atoms with Gasteiger partial charge in [-0.2, -0.15) is 0 Å². The van der Waals surface area contributed by atoms with Crippen molar-refractivity contribution in [1.82, 2.24) is 9.55 Å². The van der Waals surface area contributed by atoms with Crippen LogP contribution in [-0.2, 0) is 13.0 Å². The van der Waals surface area contributed by atoms with E-state index in [0.717, 1.165) is 18.7 Å². The molecule has 0 aliphatic heterocycles. The van der Waals surface area contributed by atoms with Crippen LogP contribution >= 0.6 is 11.6 Å². The molecule has 4 heteroatoms. The van der Waals surface area contributed by atoms with Gasteiger partial charge in [0, 0.05) is 29.4 Å². The van der Waals surface area contributed by atoms with Crippen molar-refractivity contribution in [3.05, 3.63) is 53.1 Å². The van der Waals surface area contributed by atoms with Crippen LogP contribution in [0.3, 0.4) is 0 Å². The molecule has 1 heterocycles. The van der Waals surface area contributed by atoms with E-state index >= 15 is 0 Å².